The quantitative estimate of drug-likeness (QED) is 0.518. The number of nitrogens with two attached hydrogens (primary N) is 1. The van der Waals surface area contributed by atoms with Gasteiger partial charge in [-0.05, 0) is 6.42 Å². The molecule has 1 amide bonds. The second kappa shape index (κ2) is 8.39. The number of thiocarbonyl (C=S) groups is 1. The Hall–Kier alpha value is -0.720. The summed E-state index contributed by atoms with van der Waals surface area (Å²) in [5, 5.41) is 0. The van der Waals surface area contributed by atoms with Crippen molar-refractivity contribution in [3.05, 3.63) is 0 Å². The number of hydrogen-bond donors (Lipinski definition) is 1. The van der Waals surface area contributed by atoms with E-state index in [4.69, 9.17) is 27.4 Å². The van der Waals surface area contributed by atoms with E-state index in [9.17, 15) is 4.79 Å². The Morgan fingerprint density at radius 2 is 2.33 bits per heavy atom. The zero-order valence-corrected chi connectivity index (χ0v) is 11.7. The smallest absolute Gasteiger partial charge is 0.224 e. The van der Waals surface area contributed by atoms with Crippen LogP contribution in [-0.2, 0) is 14.3 Å². The highest BCUT2D eigenvalue weighted by Crippen LogP contribution is 2.12. The zero-order valence-electron chi connectivity index (χ0n) is 10.9. The summed E-state index contributed by atoms with van der Waals surface area (Å²) in [7, 11) is 1.76. The van der Waals surface area contributed by atoms with Gasteiger partial charge in [0.25, 0.3) is 0 Å². The van der Waals surface area contributed by atoms with Gasteiger partial charge in [-0.25, -0.2) is 0 Å². The lowest BCUT2D eigenvalue weighted by Crippen LogP contribution is -2.30. The van der Waals surface area contributed by atoms with E-state index in [1.54, 1.807) is 11.9 Å². The number of nitrogens with zero attached hydrogens (tertiary/aromatic N) is 1. The fraction of sp³-hybridized carbons (Fsp3) is 0.833. The molecule has 1 fully saturated rings. The van der Waals surface area contributed by atoms with E-state index >= 15 is 0 Å². The molecule has 1 aliphatic heterocycles. The fourth-order valence-corrected chi connectivity index (χ4v) is 1.81. The summed E-state index contributed by atoms with van der Waals surface area (Å²) in [5.74, 6) is 0.557. The maximum Gasteiger partial charge on any atom is 0.224 e. The van der Waals surface area contributed by atoms with E-state index in [1.165, 1.54) is 0 Å². The normalized spacial score (nSPS) is 18.8. The number of carbonyl (C=O) groups excluding carboxylic acids is 1. The molecule has 1 rings (SSSR count). The van der Waals surface area contributed by atoms with Gasteiger partial charge in [-0.2, -0.15) is 0 Å². The first kappa shape index (κ1) is 15.3. The number of ether oxygens (including phenoxy) is 2. The van der Waals surface area contributed by atoms with Crippen LogP contribution in [0.2, 0.25) is 0 Å². The molecule has 5 nitrogen and oxygen atoms in total. The molecule has 18 heavy (non-hydrogen) atoms. The van der Waals surface area contributed by atoms with Crippen LogP contribution in [0.25, 0.3) is 0 Å². The molecule has 0 bridgehead atoms. The molecule has 1 atom stereocenters. The van der Waals surface area contributed by atoms with Crippen molar-refractivity contribution in [1.82, 2.24) is 4.90 Å². The molecular formula is C12H22N2O3S. The molecule has 1 heterocycles. The maximum atomic E-state index is 11.7. The summed E-state index contributed by atoms with van der Waals surface area (Å²) in [4.78, 5) is 13.8. The Morgan fingerprint density at radius 1 is 1.56 bits per heavy atom. The average molecular weight is 274 g/mol. The second-order valence-corrected chi connectivity index (χ2v) is 5.11. The number of rotatable bonds is 8. The number of carbonyl (C=O) groups is 1. The molecule has 0 aromatic rings. The van der Waals surface area contributed by atoms with E-state index in [0.717, 1.165) is 19.6 Å². The van der Waals surface area contributed by atoms with Gasteiger partial charge in [-0.3, -0.25) is 4.79 Å². The number of amides is 1. The van der Waals surface area contributed by atoms with Crippen molar-refractivity contribution in [3.63, 3.8) is 0 Å². The topological polar surface area (TPSA) is 64.8 Å². The van der Waals surface area contributed by atoms with E-state index < -0.39 is 0 Å². The molecule has 0 radical (unpaired) electrons. The van der Waals surface area contributed by atoms with E-state index in [0.29, 0.717) is 43.5 Å². The molecular weight excluding hydrogens is 252 g/mol. The molecule has 0 aromatic heterocycles. The maximum absolute atomic E-state index is 11.7. The lowest BCUT2D eigenvalue weighted by molar-refractivity contribution is -0.131. The summed E-state index contributed by atoms with van der Waals surface area (Å²) < 4.78 is 10.7. The van der Waals surface area contributed by atoms with Gasteiger partial charge in [0.2, 0.25) is 5.91 Å². The summed E-state index contributed by atoms with van der Waals surface area (Å²) in [6.45, 7) is 3.33. The molecule has 1 saturated heterocycles. The molecule has 0 aromatic carbocycles. The first-order chi connectivity index (χ1) is 8.59. The molecule has 104 valence electrons. The third kappa shape index (κ3) is 6.28. The predicted octanol–water partition coefficient (Wildman–Crippen LogP) is 0.564. The van der Waals surface area contributed by atoms with Crippen LogP contribution in [0.3, 0.4) is 0 Å². The van der Waals surface area contributed by atoms with Gasteiger partial charge in [0.15, 0.2) is 0 Å². The molecule has 2 N–H and O–H groups in total. The van der Waals surface area contributed by atoms with Crippen molar-refractivity contribution >= 4 is 23.1 Å². The van der Waals surface area contributed by atoms with Crippen molar-refractivity contribution in [2.24, 2.45) is 11.7 Å². The highest BCUT2D eigenvalue weighted by Gasteiger charge is 2.16. The minimum Gasteiger partial charge on any atom is -0.393 e. The highest BCUT2D eigenvalue weighted by molar-refractivity contribution is 7.80. The van der Waals surface area contributed by atoms with Gasteiger partial charge in [0.1, 0.15) is 0 Å². The Morgan fingerprint density at radius 3 is 2.94 bits per heavy atom. The summed E-state index contributed by atoms with van der Waals surface area (Å²) in [5.41, 5.74) is 5.39. The molecule has 1 aliphatic rings. The lowest BCUT2D eigenvalue weighted by Gasteiger charge is -2.17. The van der Waals surface area contributed by atoms with Crippen molar-refractivity contribution in [2.75, 3.05) is 40.0 Å². The minimum absolute atomic E-state index is 0.0638. The van der Waals surface area contributed by atoms with Gasteiger partial charge in [0.05, 0.1) is 31.2 Å². The molecule has 1 unspecified atom stereocenters. The predicted molar refractivity (Wildman–Crippen MR) is 73.4 cm³/mol. The second-order valence-electron chi connectivity index (χ2n) is 4.59. The van der Waals surface area contributed by atoms with Crippen LogP contribution in [-0.4, -0.2) is 55.8 Å². The van der Waals surface area contributed by atoms with Crippen molar-refractivity contribution in [2.45, 2.75) is 19.3 Å². The largest absolute Gasteiger partial charge is 0.393 e. The van der Waals surface area contributed by atoms with Crippen molar-refractivity contribution in [1.29, 1.82) is 0 Å². The molecule has 6 heteroatoms. The van der Waals surface area contributed by atoms with Crippen LogP contribution in [0, 0.1) is 5.92 Å². The zero-order chi connectivity index (χ0) is 13.4. The van der Waals surface area contributed by atoms with Crippen LogP contribution < -0.4 is 5.73 Å². The molecule has 0 spiro atoms. The first-order valence-electron chi connectivity index (χ1n) is 6.27. The lowest BCUT2D eigenvalue weighted by atomic mass is 10.1. The standard InChI is InChI=1S/C12H22N2O3S/c1-14(5-2-11(13)18)12(15)4-7-17-9-10-3-6-16-8-10/h10H,2-9H2,1H3,(H2,13,18). The van der Waals surface area contributed by atoms with Crippen LogP contribution in [0.15, 0.2) is 0 Å². The third-order valence-corrected chi connectivity index (χ3v) is 3.16. The minimum atomic E-state index is 0.0638. The van der Waals surface area contributed by atoms with E-state index in [-0.39, 0.29) is 5.91 Å². The van der Waals surface area contributed by atoms with E-state index in [1.807, 2.05) is 0 Å². The highest BCUT2D eigenvalue weighted by atomic mass is 32.1. The first-order valence-corrected chi connectivity index (χ1v) is 6.68. The van der Waals surface area contributed by atoms with Gasteiger partial charge in [-0.1, -0.05) is 12.2 Å². The van der Waals surface area contributed by atoms with Crippen molar-refractivity contribution in [3.8, 4) is 0 Å². The van der Waals surface area contributed by atoms with Crippen LogP contribution in [0.1, 0.15) is 19.3 Å². The van der Waals surface area contributed by atoms with E-state index in [2.05, 4.69) is 0 Å². The summed E-state index contributed by atoms with van der Waals surface area (Å²) in [6, 6.07) is 0. The monoisotopic (exact) mass is 274 g/mol. The van der Waals surface area contributed by atoms with Crippen LogP contribution in [0.4, 0.5) is 0 Å². The van der Waals surface area contributed by atoms with Gasteiger partial charge >= 0.3 is 0 Å². The van der Waals surface area contributed by atoms with Gasteiger partial charge in [-0.15, -0.1) is 0 Å². The Balaban J connectivity index is 2.02. The molecule has 0 saturated carbocycles. The van der Waals surface area contributed by atoms with Crippen molar-refractivity contribution < 1.29 is 14.3 Å². The average Bonchev–Trinajstić information content (AvgIpc) is 2.84. The Labute approximate surface area is 114 Å². The number of hydrogen-bond acceptors (Lipinski definition) is 4. The SMILES string of the molecule is CN(CCC(N)=S)C(=O)CCOCC1CCOC1. The Kier molecular flexibility index (Phi) is 7.15. The van der Waals surface area contributed by atoms with Gasteiger partial charge < -0.3 is 20.1 Å². The summed E-state index contributed by atoms with van der Waals surface area (Å²) in [6.07, 6.45) is 2.03. The third-order valence-electron chi connectivity index (χ3n) is 2.96. The van der Waals surface area contributed by atoms with Crippen LogP contribution in [0.5, 0.6) is 0 Å². The fourth-order valence-electron chi connectivity index (χ4n) is 1.72. The van der Waals surface area contributed by atoms with Gasteiger partial charge in [0, 0.05) is 32.5 Å². The summed E-state index contributed by atoms with van der Waals surface area (Å²) >= 11 is 4.77. The Bertz CT molecular complexity index is 280. The molecule has 0 aliphatic carbocycles. The van der Waals surface area contributed by atoms with Crippen LogP contribution >= 0.6 is 12.2 Å².